The van der Waals surface area contributed by atoms with E-state index < -0.39 is 0 Å². The molecule has 1 amide bonds. The van der Waals surface area contributed by atoms with Gasteiger partial charge in [0.05, 0.1) is 18.8 Å². The van der Waals surface area contributed by atoms with E-state index in [1.54, 1.807) is 11.3 Å². The molecular weight excluding hydrogens is 320 g/mol. The van der Waals surface area contributed by atoms with Gasteiger partial charge in [0.2, 0.25) is 5.91 Å². The molecule has 1 N–H and O–H groups in total. The molecule has 2 rings (SSSR count). The summed E-state index contributed by atoms with van der Waals surface area (Å²) in [4.78, 5) is 21.5. The van der Waals surface area contributed by atoms with Crippen molar-refractivity contribution in [2.45, 2.75) is 59.0 Å². The minimum Gasteiger partial charge on any atom is -0.350 e. The fourth-order valence-electron chi connectivity index (χ4n) is 2.69. The molecule has 1 fully saturated rings. The highest BCUT2D eigenvalue weighted by Gasteiger charge is 2.23. The van der Waals surface area contributed by atoms with Gasteiger partial charge in [-0.15, -0.1) is 11.3 Å². The van der Waals surface area contributed by atoms with Crippen molar-refractivity contribution in [1.82, 2.24) is 20.1 Å². The van der Waals surface area contributed by atoms with Gasteiger partial charge in [0.1, 0.15) is 5.01 Å². The summed E-state index contributed by atoms with van der Waals surface area (Å²) in [6.45, 7) is 17.9. The van der Waals surface area contributed by atoms with E-state index in [2.05, 4.69) is 41.3 Å². The number of thiazole rings is 1. The van der Waals surface area contributed by atoms with Crippen molar-refractivity contribution in [1.29, 1.82) is 0 Å². The van der Waals surface area contributed by atoms with Crippen LogP contribution in [0.1, 0.15) is 52.2 Å². The molecule has 24 heavy (non-hydrogen) atoms. The van der Waals surface area contributed by atoms with Gasteiger partial charge >= 0.3 is 0 Å². The van der Waals surface area contributed by atoms with Gasteiger partial charge in [0.25, 0.3) is 0 Å². The van der Waals surface area contributed by atoms with Gasteiger partial charge < -0.3 is 5.32 Å². The third-order valence-electron chi connectivity index (χ3n) is 4.03. The van der Waals surface area contributed by atoms with Crippen molar-refractivity contribution in [3.05, 3.63) is 16.1 Å². The van der Waals surface area contributed by atoms with Gasteiger partial charge in [-0.3, -0.25) is 14.6 Å². The van der Waals surface area contributed by atoms with Gasteiger partial charge in [-0.2, -0.15) is 0 Å². The summed E-state index contributed by atoms with van der Waals surface area (Å²) in [5.74, 6) is 0.116. The summed E-state index contributed by atoms with van der Waals surface area (Å²) < 4.78 is 0. The lowest BCUT2D eigenvalue weighted by atomic mass is 9.93. The summed E-state index contributed by atoms with van der Waals surface area (Å²) in [6, 6.07) is 0. The molecule has 1 aliphatic heterocycles. The zero-order chi connectivity index (χ0) is 18.0. The van der Waals surface area contributed by atoms with Crippen LogP contribution in [0.25, 0.3) is 0 Å². The van der Waals surface area contributed by atoms with Crippen molar-refractivity contribution >= 4 is 17.2 Å². The molecule has 136 valence electrons. The number of carbonyl (C=O) groups excluding carboxylic acids is 1. The predicted octanol–water partition coefficient (Wildman–Crippen LogP) is 2.47. The quantitative estimate of drug-likeness (QED) is 0.904. The van der Waals surface area contributed by atoms with Crippen LogP contribution in [0.5, 0.6) is 0 Å². The van der Waals surface area contributed by atoms with Crippen molar-refractivity contribution in [3.63, 3.8) is 0 Å². The topological polar surface area (TPSA) is 48.5 Å². The number of nitrogens with one attached hydrogen (secondary N) is 1. The van der Waals surface area contributed by atoms with Gasteiger partial charge in [0, 0.05) is 42.5 Å². The number of carbonyl (C=O) groups is 1. The Balaban J connectivity index is 1.77. The van der Waals surface area contributed by atoms with Gasteiger partial charge in [-0.05, 0) is 20.8 Å². The van der Waals surface area contributed by atoms with Crippen LogP contribution in [-0.4, -0.2) is 59.0 Å². The van der Waals surface area contributed by atoms with Crippen molar-refractivity contribution in [2.24, 2.45) is 0 Å². The first-order valence-electron chi connectivity index (χ1n) is 8.73. The molecule has 1 saturated heterocycles. The van der Waals surface area contributed by atoms with E-state index >= 15 is 0 Å². The Morgan fingerprint density at radius 3 is 2.21 bits per heavy atom. The first kappa shape index (κ1) is 19.3. The predicted molar refractivity (Wildman–Crippen MR) is 100 cm³/mol. The second-order valence-electron chi connectivity index (χ2n) is 8.73. The number of piperazine rings is 1. The lowest BCUT2D eigenvalue weighted by Crippen LogP contribution is -2.51. The number of amides is 1. The van der Waals surface area contributed by atoms with Crippen LogP contribution in [0, 0.1) is 0 Å². The van der Waals surface area contributed by atoms with E-state index in [4.69, 9.17) is 4.98 Å². The maximum atomic E-state index is 12.0. The SMILES string of the molecule is CC(C)(C)NC(=O)CN1CCN(Cc2nc(C(C)(C)C)cs2)CC1. The Kier molecular flexibility index (Phi) is 6.04. The fraction of sp³-hybridized carbons (Fsp3) is 0.778. The van der Waals surface area contributed by atoms with Crippen molar-refractivity contribution in [2.75, 3.05) is 32.7 Å². The van der Waals surface area contributed by atoms with E-state index in [0.29, 0.717) is 6.54 Å². The maximum absolute atomic E-state index is 12.0. The lowest BCUT2D eigenvalue weighted by molar-refractivity contribution is -0.124. The molecule has 0 saturated carbocycles. The summed E-state index contributed by atoms with van der Waals surface area (Å²) in [6.07, 6.45) is 0. The van der Waals surface area contributed by atoms with Crippen molar-refractivity contribution < 1.29 is 4.79 Å². The van der Waals surface area contributed by atoms with Gasteiger partial charge in [0.15, 0.2) is 0 Å². The highest BCUT2D eigenvalue weighted by molar-refractivity contribution is 7.09. The van der Waals surface area contributed by atoms with Crippen molar-refractivity contribution in [3.8, 4) is 0 Å². The minimum absolute atomic E-state index is 0.116. The minimum atomic E-state index is -0.158. The van der Waals surface area contributed by atoms with E-state index in [0.717, 1.165) is 32.7 Å². The van der Waals surface area contributed by atoms with E-state index in [1.165, 1.54) is 10.7 Å². The average Bonchev–Trinajstić information content (AvgIpc) is 2.87. The largest absolute Gasteiger partial charge is 0.350 e. The van der Waals surface area contributed by atoms with E-state index in [9.17, 15) is 4.79 Å². The molecular formula is C18H32N4OS. The molecule has 1 aliphatic rings. The summed E-state index contributed by atoms with van der Waals surface area (Å²) >= 11 is 1.76. The third kappa shape index (κ3) is 6.15. The molecule has 0 spiro atoms. The summed E-state index contributed by atoms with van der Waals surface area (Å²) in [7, 11) is 0. The van der Waals surface area contributed by atoms with Gasteiger partial charge in [-0.25, -0.2) is 4.98 Å². The molecule has 0 aromatic carbocycles. The summed E-state index contributed by atoms with van der Waals surface area (Å²) in [5.41, 5.74) is 1.14. The van der Waals surface area contributed by atoms with E-state index in [-0.39, 0.29) is 16.9 Å². The first-order valence-corrected chi connectivity index (χ1v) is 9.61. The number of aromatic nitrogens is 1. The number of nitrogens with zero attached hydrogens (tertiary/aromatic N) is 3. The molecule has 0 atom stereocenters. The van der Waals surface area contributed by atoms with Crippen LogP contribution in [0.4, 0.5) is 0 Å². The van der Waals surface area contributed by atoms with Gasteiger partial charge in [-0.1, -0.05) is 20.8 Å². The smallest absolute Gasteiger partial charge is 0.234 e. The second-order valence-corrected chi connectivity index (χ2v) is 9.67. The zero-order valence-electron chi connectivity index (χ0n) is 16.0. The molecule has 1 aromatic heterocycles. The number of rotatable bonds is 4. The Bertz CT molecular complexity index is 548. The Hall–Kier alpha value is -0.980. The molecule has 0 unspecified atom stereocenters. The fourth-order valence-corrected chi connectivity index (χ4v) is 3.75. The molecule has 0 bridgehead atoms. The van der Waals surface area contributed by atoms with Crippen LogP contribution in [-0.2, 0) is 16.8 Å². The summed E-state index contributed by atoms with van der Waals surface area (Å²) in [5, 5.41) is 6.41. The average molecular weight is 353 g/mol. The highest BCUT2D eigenvalue weighted by Crippen LogP contribution is 2.24. The Morgan fingerprint density at radius 2 is 1.71 bits per heavy atom. The third-order valence-corrected chi connectivity index (χ3v) is 4.86. The Morgan fingerprint density at radius 1 is 1.12 bits per heavy atom. The zero-order valence-corrected chi connectivity index (χ0v) is 16.8. The van der Waals surface area contributed by atoms with Crippen LogP contribution < -0.4 is 5.32 Å². The highest BCUT2D eigenvalue weighted by atomic mass is 32.1. The molecule has 0 aliphatic carbocycles. The lowest BCUT2D eigenvalue weighted by Gasteiger charge is -2.34. The molecule has 1 aromatic rings. The van der Waals surface area contributed by atoms with Crippen LogP contribution in [0.3, 0.4) is 0 Å². The van der Waals surface area contributed by atoms with Crippen LogP contribution >= 0.6 is 11.3 Å². The normalized spacial score (nSPS) is 17.9. The molecule has 0 radical (unpaired) electrons. The standard InChI is InChI=1S/C18H32N4OS/c1-17(2,3)14-13-24-16(19-14)12-22-9-7-21(8-10-22)11-15(23)20-18(4,5)6/h13H,7-12H2,1-6H3,(H,20,23). The molecule has 6 heteroatoms. The maximum Gasteiger partial charge on any atom is 0.234 e. The monoisotopic (exact) mass is 352 g/mol. The molecule has 5 nitrogen and oxygen atoms in total. The molecule has 2 heterocycles. The Labute approximate surface area is 150 Å². The van der Waals surface area contributed by atoms with Crippen LogP contribution in [0.2, 0.25) is 0 Å². The van der Waals surface area contributed by atoms with Crippen LogP contribution in [0.15, 0.2) is 5.38 Å². The second kappa shape index (κ2) is 7.50. The number of hydrogen-bond donors (Lipinski definition) is 1. The first-order chi connectivity index (χ1) is 11.0. The number of hydrogen-bond acceptors (Lipinski definition) is 5. The van der Waals surface area contributed by atoms with E-state index in [1.807, 2.05) is 20.8 Å².